The first-order chi connectivity index (χ1) is 60.7. The molecule has 55 nitrogen and oxygen atoms in total. The summed E-state index contributed by atoms with van der Waals surface area (Å²) in [5, 5.41) is 95.9. The maximum Gasteiger partial charge on any atom is 0.694 e. The van der Waals surface area contributed by atoms with E-state index in [4.69, 9.17) is 91.1 Å². The first-order valence-corrected chi connectivity index (χ1v) is 40.6. The Morgan fingerprint density at radius 3 is 0.852 bits per heavy atom. The molecule has 14 rings (SSSR count). The van der Waals surface area contributed by atoms with Crippen LogP contribution in [-0.4, -0.2) is 307 Å². The minimum Gasteiger partial charge on any atom is -0.452 e. The minimum absolute atomic E-state index is 0.133. The van der Waals surface area contributed by atoms with Crippen LogP contribution in [0, 0.1) is 0 Å². The number of amides is 5. The molecule has 8 unspecified atom stereocenters. The maximum atomic E-state index is 13.3. The van der Waals surface area contributed by atoms with Crippen LogP contribution in [0.4, 0.5) is 8.39 Å². The lowest BCUT2D eigenvalue weighted by molar-refractivity contribution is -0.0641. The third kappa shape index (κ3) is 25.5. The Bertz CT molecular complexity index is 5440. The van der Waals surface area contributed by atoms with Crippen LogP contribution in [0.1, 0.15) is 126 Å². The number of rotatable bonds is 29. The van der Waals surface area contributed by atoms with Gasteiger partial charge in [0, 0.05) is 4.57 Å². The van der Waals surface area contributed by atoms with Crippen LogP contribution < -0.4 is 28.7 Å². The molecule has 5 fully saturated rings. The quantitative estimate of drug-likeness (QED) is 0.0119. The summed E-state index contributed by atoms with van der Waals surface area (Å²) in [4.78, 5) is 151. The molecule has 0 aliphatic carbocycles. The molecular formula is C68H76F2N20O35P3+. The number of nitrogens with two attached hydrogens (primary N) is 5. The number of aromatic nitrogens is 15. The maximum absolute atomic E-state index is 13.3. The fourth-order valence-corrected chi connectivity index (χ4v) is 12.9. The Labute approximate surface area is 714 Å². The Hall–Kier alpha value is -12.5. The van der Waals surface area contributed by atoms with Crippen molar-refractivity contribution in [1.82, 2.24) is 73.8 Å². The van der Waals surface area contributed by atoms with Gasteiger partial charge in [-0.3, -0.25) is 42.8 Å². The molecule has 5 aliphatic heterocycles. The Morgan fingerprint density at radius 2 is 0.594 bits per heavy atom. The predicted molar refractivity (Wildman–Crippen MR) is 405 cm³/mol. The third-order valence-corrected chi connectivity index (χ3v) is 19.4. The van der Waals surface area contributed by atoms with Gasteiger partial charge < -0.3 is 112 Å². The van der Waals surface area contributed by atoms with Gasteiger partial charge >= 0.3 is 47.9 Å². The second-order valence-electron chi connectivity index (χ2n) is 26.7. The van der Waals surface area contributed by atoms with Crippen molar-refractivity contribution in [2.45, 2.75) is 123 Å². The summed E-state index contributed by atoms with van der Waals surface area (Å²) in [6.07, 6.45) is -19.6. The van der Waals surface area contributed by atoms with E-state index >= 15 is 0 Å². The molecule has 5 amide bonds. The van der Waals surface area contributed by atoms with Crippen LogP contribution in [-0.2, 0) is 69.9 Å². The zero-order valence-electron chi connectivity index (χ0n) is 64.9. The summed E-state index contributed by atoms with van der Waals surface area (Å²) in [7, 11) is -13.5. The average molecular weight is 1860 g/mol. The molecule has 5 saturated heterocycles. The Balaban J connectivity index is 0.000000172. The van der Waals surface area contributed by atoms with E-state index in [1.807, 2.05) is 0 Å². The van der Waals surface area contributed by atoms with Crippen molar-refractivity contribution in [2.24, 2.45) is 28.7 Å². The van der Waals surface area contributed by atoms with Crippen LogP contribution in [0.2, 0.25) is 0 Å². The van der Waals surface area contributed by atoms with Crippen molar-refractivity contribution in [3.8, 4) is 0 Å². The van der Waals surface area contributed by atoms with Gasteiger partial charge in [0.1, 0.15) is 105 Å². The first kappa shape index (κ1) is 97.7. The molecule has 128 heavy (non-hydrogen) atoms. The monoisotopic (exact) mass is 1860 g/mol. The molecule has 23 atom stereocenters. The highest BCUT2D eigenvalue weighted by atomic mass is 31.2. The largest absolute Gasteiger partial charge is 0.694 e. The number of primary amides is 5. The lowest BCUT2D eigenvalue weighted by atomic mass is 10.1. The predicted octanol–water partition coefficient (Wildman–Crippen LogP) is -4.74. The number of benzene rings is 4. The summed E-state index contributed by atoms with van der Waals surface area (Å²) in [6, 6.07) is 32.0. The average Bonchev–Trinajstić information content (AvgIpc) is 1.64. The zero-order valence-corrected chi connectivity index (χ0v) is 67.6. The second-order valence-corrected chi connectivity index (χ2v) is 29.7. The molecule has 0 radical (unpaired) electrons. The van der Waals surface area contributed by atoms with E-state index in [2.05, 4.69) is 64.0 Å². The molecule has 5 aromatic heterocycles. The standard InChI is InChI=1S/C22H20FN4O9P.C22H20N4O7.C8H12FN4O7P.C8H11N4O7P.C8H12N4O5/c23-37(31,32)33-11-15-16(35-21(29)13-7-3-1-4-8-13)17(36-22(30)14-9-5-2-6-10-14)20(34-15)27-12-25-19(26-27)18(24)28;23-18(28)19-24-12-26(25-19)20-17(33-22(30)14-9-5-2-6-10-14)16(15(11-27)31-20)32-21(29)13-7-3-1-4-8-13;9-21(17,18)19-1-3-4(14)5(15)8(20-3)13-2-11-7(12-13)6(10)16;9-6(15)7-10-2-12(11-7)8-5(14)4(13)3(19-8)1-18-20(16)17;9-6(16)7-10-2-12(11-7)8-5(15)4(14)3(1-13)17-8/h1-10,12,15-17,20H,11H2,(H2,24,28)(H,31,32);1-10,12,15-17,20,27H,11H2,(H2,23,28);2-5,8,14-15H,1H2,(H2,10,16)(H,17,18);2-5,8,13-14H,1H2,(H2-,9,15,16,17);2-5,8,13-15H,1H2,(H2,9,16)/p+1/t2*15-,16-,17?,20-;3*3-,4+,5?,8-/m11111/s1. The number of ether oxygens (including phenoxy) is 9. The summed E-state index contributed by atoms with van der Waals surface area (Å²) in [5.74, 6) is -8.97. The van der Waals surface area contributed by atoms with Gasteiger partial charge in [-0.05, 0) is 48.5 Å². The van der Waals surface area contributed by atoms with Crippen molar-refractivity contribution in [1.29, 1.82) is 0 Å². The number of carbonyl (C=O) groups is 9. The lowest BCUT2D eigenvalue weighted by Gasteiger charge is -2.24. The number of aliphatic hydroxyl groups is 8. The van der Waals surface area contributed by atoms with Gasteiger partial charge in [-0.2, -0.15) is 0 Å². The summed E-state index contributed by atoms with van der Waals surface area (Å²) >= 11 is 0. The number of halogens is 2. The number of carbonyl (C=O) groups excluding carboxylic acids is 9. The van der Waals surface area contributed by atoms with Crippen LogP contribution in [0.5, 0.6) is 0 Å². The van der Waals surface area contributed by atoms with Gasteiger partial charge in [0.05, 0.1) is 48.7 Å². The lowest BCUT2D eigenvalue weighted by Crippen LogP contribution is -2.41. The van der Waals surface area contributed by atoms with E-state index in [1.54, 1.807) is 97.1 Å². The van der Waals surface area contributed by atoms with Crippen LogP contribution in [0.15, 0.2) is 153 Å². The van der Waals surface area contributed by atoms with E-state index in [0.29, 0.717) is 0 Å². The number of esters is 4. The van der Waals surface area contributed by atoms with Crippen molar-refractivity contribution >= 4 is 77.5 Å². The molecule has 21 N–H and O–H groups in total. The van der Waals surface area contributed by atoms with Gasteiger partial charge in [-0.1, -0.05) is 72.8 Å². The summed E-state index contributed by atoms with van der Waals surface area (Å²) < 4.78 is 125. The number of hydrogen-bond acceptors (Lipinski definition) is 42. The molecule has 0 spiro atoms. The molecule has 60 heteroatoms. The molecule has 686 valence electrons. The van der Waals surface area contributed by atoms with Crippen LogP contribution in [0.25, 0.3) is 0 Å². The normalized spacial score (nSPS) is 26.6. The Kier molecular flexibility index (Phi) is 33.4. The molecule has 9 aromatic rings. The summed E-state index contributed by atoms with van der Waals surface area (Å²) in [6.45, 7) is -3.01. The van der Waals surface area contributed by atoms with Crippen LogP contribution in [0.3, 0.4) is 0 Å². The minimum atomic E-state index is -5.46. The molecule has 0 saturated carbocycles. The molecular weight excluding hydrogens is 1790 g/mol. The van der Waals surface area contributed by atoms with Crippen molar-refractivity contribution < 1.29 is 177 Å². The molecule has 5 aliphatic rings. The van der Waals surface area contributed by atoms with Gasteiger partial charge in [0.2, 0.25) is 29.1 Å². The highest BCUT2D eigenvalue weighted by molar-refractivity contribution is 7.47. The van der Waals surface area contributed by atoms with Crippen molar-refractivity contribution in [2.75, 3.05) is 33.0 Å². The Morgan fingerprint density at radius 1 is 0.359 bits per heavy atom. The van der Waals surface area contributed by atoms with Gasteiger partial charge in [0.25, 0.3) is 29.5 Å². The molecule has 0 bridgehead atoms. The fourth-order valence-electron chi connectivity index (χ4n) is 12.0. The molecule has 10 heterocycles. The van der Waals surface area contributed by atoms with E-state index in [-0.39, 0.29) is 45.6 Å². The topological polar surface area (TPSA) is 822 Å². The number of hydrogen-bond donors (Lipinski definition) is 16. The third-order valence-electron chi connectivity index (χ3n) is 18.0. The van der Waals surface area contributed by atoms with Crippen LogP contribution >= 0.6 is 24.1 Å². The van der Waals surface area contributed by atoms with Gasteiger partial charge in [0.15, 0.2) is 55.6 Å². The molecule has 4 aromatic carbocycles. The zero-order chi connectivity index (χ0) is 93.2. The SMILES string of the molecule is NC(=O)c1ncn([C@@H]2O[C@H](CO)[C@@H](OC(=O)c3ccccc3)C2OC(=O)c2ccccc2)n1.NC(=O)c1ncn([C@@H]2O[C@H](CO)[C@H](O)C2O)n1.NC(=O)c1ncn([C@@H]2O[C@H](COP(=O)(O)F)[C@@H](OC(=O)c3ccccc3)C2OC(=O)c2ccccc2)n1.NC(=O)c1ncn([C@@H]2O[C@H](COP(=O)(O)F)[C@H](O)C2O)n1.NC(=O)c1ncn([C@@H]2O[C@H](CO[P+](=O)O)[C@H](O)C2O)n1. The first-order valence-electron chi connectivity index (χ1n) is 36.5. The number of aliphatic hydroxyl groups excluding tert-OH is 8. The van der Waals surface area contributed by atoms with Gasteiger partial charge in [-0.25, -0.2) is 76.6 Å². The van der Waals surface area contributed by atoms with Crippen molar-refractivity contribution in [3.05, 3.63) is 204 Å². The van der Waals surface area contributed by atoms with E-state index < -0.39 is 239 Å². The smallest absolute Gasteiger partial charge is 0.452 e. The van der Waals surface area contributed by atoms with E-state index in [0.717, 1.165) is 48.7 Å². The fraction of sp³-hybridized carbons (Fsp3) is 0.368. The second kappa shape index (κ2) is 43.8. The highest BCUT2D eigenvalue weighted by Crippen LogP contribution is 2.46. The van der Waals surface area contributed by atoms with E-state index in [9.17, 15) is 101 Å². The van der Waals surface area contributed by atoms with Crippen molar-refractivity contribution in [3.63, 3.8) is 0 Å². The van der Waals surface area contributed by atoms with Gasteiger partial charge in [-0.15, -0.1) is 43.3 Å². The summed E-state index contributed by atoms with van der Waals surface area (Å²) in [5.41, 5.74) is 26.1. The highest BCUT2D eigenvalue weighted by Gasteiger charge is 2.55. The van der Waals surface area contributed by atoms with E-state index in [1.165, 1.54) is 30.6 Å². The number of nitrogens with zero attached hydrogens (tertiary/aromatic N) is 15.